The van der Waals surface area contributed by atoms with Crippen molar-refractivity contribution in [2.75, 3.05) is 13.1 Å². The number of hydrogen-bond donors (Lipinski definition) is 1. The van der Waals surface area contributed by atoms with Gasteiger partial charge in [-0.05, 0) is 31.2 Å². The van der Waals surface area contributed by atoms with Gasteiger partial charge in [-0.25, -0.2) is 0 Å². The Hall–Kier alpha value is -0.550. The van der Waals surface area contributed by atoms with Crippen LogP contribution in [0.1, 0.15) is 12.8 Å². The van der Waals surface area contributed by atoms with Crippen molar-refractivity contribution in [1.82, 2.24) is 5.32 Å². The molecule has 2 heteroatoms. The minimum absolute atomic E-state index is 0.312. The highest BCUT2D eigenvalue weighted by Gasteiger charge is 2.39. The summed E-state index contributed by atoms with van der Waals surface area (Å²) in [6, 6.07) is 2.37. The summed E-state index contributed by atoms with van der Waals surface area (Å²) in [6.07, 6.45) is 2.73. The molecule has 2 rings (SSSR count). The van der Waals surface area contributed by atoms with E-state index in [2.05, 4.69) is 11.4 Å². The van der Waals surface area contributed by atoms with Crippen LogP contribution in [-0.4, -0.2) is 13.1 Å². The molecule has 0 aromatic carbocycles. The van der Waals surface area contributed by atoms with Gasteiger partial charge in [0, 0.05) is 6.54 Å². The van der Waals surface area contributed by atoms with E-state index in [1.165, 1.54) is 12.8 Å². The second kappa shape index (κ2) is 2.25. The lowest BCUT2D eigenvalue weighted by molar-refractivity contribution is 0.442. The number of nitriles is 1. The van der Waals surface area contributed by atoms with Crippen molar-refractivity contribution in [3.8, 4) is 6.07 Å². The predicted octanol–water partition coefficient (Wildman–Crippen LogP) is 0.756. The highest BCUT2D eigenvalue weighted by atomic mass is 14.9. The summed E-state index contributed by atoms with van der Waals surface area (Å²) in [7, 11) is 0. The van der Waals surface area contributed by atoms with Gasteiger partial charge in [0.25, 0.3) is 0 Å². The van der Waals surface area contributed by atoms with E-state index in [1.54, 1.807) is 0 Å². The molecule has 1 heterocycles. The third-order valence-corrected chi connectivity index (χ3v) is 2.65. The molecule has 2 atom stereocenters. The van der Waals surface area contributed by atoms with Crippen LogP contribution in [0.4, 0.5) is 0 Å². The van der Waals surface area contributed by atoms with Crippen molar-refractivity contribution in [3.05, 3.63) is 0 Å². The Morgan fingerprint density at radius 1 is 1.30 bits per heavy atom. The van der Waals surface area contributed by atoms with Gasteiger partial charge in [-0.3, -0.25) is 0 Å². The van der Waals surface area contributed by atoms with E-state index in [-0.39, 0.29) is 0 Å². The molecular formula is C8H12N2. The first-order chi connectivity index (χ1) is 4.92. The van der Waals surface area contributed by atoms with E-state index in [1.807, 2.05) is 0 Å². The smallest absolute Gasteiger partial charge is 0.0672 e. The van der Waals surface area contributed by atoms with Crippen LogP contribution in [0.25, 0.3) is 0 Å². The van der Waals surface area contributed by atoms with Gasteiger partial charge >= 0.3 is 0 Å². The minimum atomic E-state index is 0.312. The Bertz CT molecular complexity index is 167. The topological polar surface area (TPSA) is 35.8 Å². The first-order valence-corrected chi connectivity index (χ1v) is 4.02. The van der Waals surface area contributed by atoms with Crippen LogP contribution in [0.3, 0.4) is 0 Å². The fourth-order valence-electron chi connectivity index (χ4n) is 1.86. The molecule has 2 fully saturated rings. The zero-order chi connectivity index (χ0) is 6.97. The maximum absolute atomic E-state index is 8.72. The van der Waals surface area contributed by atoms with Gasteiger partial charge in [0.15, 0.2) is 0 Å². The Kier molecular flexibility index (Phi) is 1.39. The molecule has 0 aromatic rings. The Morgan fingerprint density at radius 2 is 2.10 bits per heavy atom. The fourth-order valence-corrected chi connectivity index (χ4v) is 1.86. The standard InChI is InChI=1S/C8H12N2/c9-3-7-4-10-5-8(7)6-1-2-6/h6-8,10H,1-2,4-5H2. The maximum Gasteiger partial charge on any atom is 0.0672 e. The number of hydrogen-bond acceptors (Lipinski definition) is 2. The quantitative estimate of drug-likeness (QED) is 0.577. The van der Waals surface area contributed by atoms with Crippen molar-refractivity contribution < 1.29 is 0 Å². The third kappa shape index (κ3) is 0.911. The molecule has 0 amide bonds. The molecule has 1 aliphatic heterocycles. The average Bonchev–Trinajstić information content (AvgIpc) is 2.69. The monoisotopic (exact) mass is 136 g/mol. The average molecular weight is 136 g/mol. The van der Waals surface area contributed by atoms with Crippen LogP contribution < -0.4 is 5.32 Å². The summed E-state index contributed by atoms with van der Waals surface area (Å²) >= 11 is 0. The van der Waals surface area contributed by atoms with Crippen molar-refractivity contribution in [3.63, 3.8) is 0 Å². The van der Waals surface area contributed by atoms with Crippen LogP contribution in [0, 0.1) is 29.1 Å². The summed E-state index contributed by atoms with van der Waals surface area (Å²) in [5.41, 5.74) is 0. The number of rotatable bonds is 1. The summed E-state index contributed by atoms with van der Waals surface area (Å²) in [5.74, 6) is 1.89. The predicted molar refractivity (Wildman–Crippen MR) is 38.2 cm³/mol. The largest absolute Gasteiger partial charge is 0.315 e. The molecule has 0 bridgehead atoms. The van der Waals surface area contributed by atoms with Crippen molar-refractivity contribution in [2.45, 2.75) is 12.8 Å². The third-order valence-electron chi connectivity index (χ3n) is 2.65. The second-order valence-electron chi connectivity index (χ2n) is 3.40. The summed E-state index contributed by atoms with van der Waals surface area (Å²) in [6.45, 7) is 2.01. The Labute approximate surface area is 61.2 Å². The lowest BCUT2D eigenvalue weighted by Crippen LogP contribution is -2.12. The van der Waals surface area contributed by atoms with Gasteiger partial charge in [0.1, 0.15) is 0 Å². The molecule has 2 nitrogen and oxygen atoms in total. The van der Waals surface area contributed by atoms with Gasteiger partial charge < -0.3 is 5.32 Å². The van der Waals surface area contributed by atoms with Crippen LogP contribution in [0.5, 0.6) is 0 Å². The fraction of sp³-hybridized carbons (Fsp3) is 0.875. The lowest BCUT2D eigenvalue weighted by atomic mass is 9.93. The van der Waals surface area contributed by atoms with Crippen LogP contribution in [0.2, 0.25) is 0 Å². The maximum atomic E-state index is 8.72. The van der Waals surface area contributed by atoms with E-state index in [4.69, 9.17) is 5.26 Å². The zero-order valence-electron chi connectivity index (χ0n) is 6.01. The molecule has 54 valence electrons. The molecule has 1 aliphatic carbocycles. The molecule has 10 heavy (non-hydrogen) atoms. The molecule has 1 saturated carbocycles. The molecule has 1 saturated heterocycles. The highest BCUT2D eigenvalue weighted by Crippen LogP contribution is 2.41. The molecule has 1 N–H and O–H groups in total. The second-order valence-corrected chi connectivity index (χ2v) is 3.40. The first-order valence-electron chi connectivity index (χ1n) is 4.02. The van der Waals surface area contributed by atoms with E-state index in [9.17, 15) is 0 Å². The number of nitrogens with one attached hydrogen (secondary N) is 1. The van der Waals surface area contributed by atoms with Crippen molar-refractivity contribution in [1.29, 1.82) is 5.26 Å². The van der Waals surface area contributed by atoms with Gasteiger partial charge in [0.2, 0.25) is 0 Å². The lowest BCUT2D eigenvalue weighted by Gasteiger charge is -2.08. The van der Waals surface area contributed by atoms with E-state index in [0.29, 0.717) is 11.8 Å². The summed E-state index contributed by atoms with van der Waals surface area (Å²) < 4.78 is 0. The van der Waals surface area contributed by atoms with E-state index in [0.717, 1.165) is 19.0 Å². The molecule has 2 aliphatic rings. The van der Waals surface area contributed by atoms with Gasteiger partial charge in [-0.1, -0.05) is 0 Å². The normalized spacial score (nSPS) is 39.5. The zero-order valence-corrected chi connectivity index (χ0v) is 6.01. The molecule has 0 spiro atoms. The van der Waals surface area contributed by atoms with Gasteiger partial charge in [0.05, 0.1) is 12.0 Å². The SMILES string of the molecule is N#CC1CNCC1C1CC1. The molecular weight excluding hydrogens is 124 g/mol. The Morgan fingerprint density at radius 3 is 2.70 bits per heavy atom. The van der Waals surface area contributed by atoms with Crippen LogP contribution in [0.15, 0.2) is 0 Å². The highest BCUT2D eigenvalue weighted by molar-refractivity contribution is 5.00. The molecule has 0 radical (unpaired) electrons. The molecule has 0 aromatic heterocycles. The van der Waals surface area contributed by atoms with Gasteiger partial charge in [-0.15, -0.1) is 0 Å². The van der Waals surface area contributed by atoms with Gasteiger partial charge in [-0.2, -0.15) is 5.26 Å². The minimum Gasteiger partial charge on any atom is -0.315 e. The van der Waals surface area contributed by atoms with Crippen LogP contribution in [-0.2, 0) is 0 Å². The summed E-state index contributed by atoms with van der Waals surface area (Å²) in [5, 5.41) is 12.0. The van der Waals surface area contributed by atoms with E-state index < -0.39 is 0 Å². The molecule has 2 unspecified atom stereocenters. The summed E-state index contributed by atoms with van der Waals surface area (Å²) in [4.78, 5) is 0. The van der Waals surface area contributed by atoms with Crippen molar-refractivity contribution in [2.24, 2.45) is 17.8 Å². The number of nitrogens with zero attached hydrogens (tertiary/aromatic N) is 1. The Balaban J connectivity index is 1.99. The first kappa shape index (κ1) is 6.18. The van der Waals surface area contributed by atoms with Crippen LogP contribution >= 0.6 is 0 Å². The van der Waals surface area contributed by atoms with E-state index >= 15 is 0 Å². The van der Waals surface area contributed by atoms with Crippen molar-refractivity contribution >= 4 is 0 Å².